The summed E-state index contributed by atoms with van der Waals surface area (Å²) in [7, 11) is 0. The lowest BCUT2D eigenvalue weighted by molar-refractivity contribution is 0.0168. The molecule has 1 saturated heterocycles. The van der Waals surface area contributed by atoms with Crippen LogP contribution in [-0.4, -0.2) is 34.6 Å². The first-order valence-corrected chi connectivity index (χ1v) is 8.03. The highest BCUT2D eigenvalue weighted by molar-refractivity contribution is 5.92. The van der Waals surface area contributed by atoms with Gasteiger partial charge in [-0.25, -0.2) is 4.98 Å². The van der Waals surface area contributed by atoms with Gasteiger partial charge in [0.2, 0.25) is 0 Å². The summed E-state index contributed by atoms with van der Waals surface area (Å²) in [6.45, 7) is 1.55. The molecule has 4 rings (SSSR count). The minimum absolute atomic E-state index is 0.204. The lowest BCUT2D eigenvalue weighted by atomic mass is 10.0. The van der Waals surface area contributed by atoms with Crippen LogP contribution in [0.3, 0.4) is 0 Å². The highest BCUT2D eigenvalue weighted by Crippen LogP contribution is 2.30. The Bertz CT molecular complexity index is 1010. The van der Waals surface area contributed by atoms with Gasteiger partial charge in [0.05, 0.1) is 42.4 Å². The number of aromatic nitrogens is 2. The summed E-state index contributed by atoms with van der Waals surface area (Å²) in [6, 6.07) is 15.3. The molecule has 2 heterocycles. The molecule has 1 aliphatic rings. The van der Waals surface area contributed by atoms with E-state index in [0.29, 0.717) is 25.3 Å². The monoisotopic (exact) mass is 329 g/mol. The van der Waals surface area contributed by atoms with E-state index in [4.69, 9.17) is 15.0 Å². The fourth-order valence-corrected chi connectivity index (χ4v) is 3.15. The van der Waals surface area contributed by atoms with Crippen molar-refractivity contribution in [3.8, 4) is 23.4 Å². The minimum Gasteiger partial charge on any atom is -0.377 e. The molecule has 3 aromatic rings. The number of aromatic amines is 1. The van der Waals surface area contributed by atoms with E-state index < -0.39 is 0 Å². The lowest BCUT2D eigenvalue weighted by Crippen LogP contribution is -2.36. The fraction of sp³-hybridized carbons (Fsp3) is 0.211. The summed E-state index contributed by atoms with van der Waals surface area (Å²) in [6.07, 6.45) is 2.22. The van der Waals surface area contributed by atoms with Crippen molar-refractivity contribution in [3.63, 3.8) is 0 Å². The number of benzene rings is 2. The summed E-state index contributed by atoms with van der Waals surface area (Å²) >= 11 is 0. The Kier molecular flexibility index (Phi) is 3.81. The van der Waals surface area contributed by atoms with Crippen LogP contribution in [0.1, 0.15) is 17.4 Å². The molecule has 0 spiro atoms. The van der Waals surface area contributed by atoms with Crippen LogP contribution >= 0.6 is 0 Å². The lowest BCUT2D eigenvalue weighted by Gasteiger charge is -2.29. The number of H-pyrrole nitrogens is 1. The Morgan fingerprint density at radius 2 is 2.08 bits per heavy atom. The standard InChI is InChI=1S/C19H15N5O/c20-10-13-3-1-4-14(9-13)15-5-2-6-16-18(15)23-19(22-16)17-11-25-8-7-24(17)12-21/h1-6,9,17H,7-8,11H2,(H,22,23). The van der Waals surface area contributed by atoms with Crippen molar-refractivity contribution in [2.75, 3.05) is 19.8 Å². The molecular formula is C19H15N5O. The first kappa shape index (κ1) is 15.2. The van der Waals surface area contributed by atoms with E-state index in [1.54, 1.807) is 11.0 Å². The van der Waals surface area contributed by atoms with Crippen molar-refractivity contribution in [2.24, 2.45) is 0 Å². The van der Waals surface area contributed by atoms with Gasteiger partial charge in [0.25, 0.3) is 0 Å². The van der Waals surface area contributed by atoms with Gasteiger partial charge in [-0.1, -0.05) is 24.3 Å². The molecule has 1 atom stereocenters. The van der Waals surface area contributed by atoms with Gasteiger partial charge in [-0.15, -0.1) is 0 Å². The number of imidazole rings is 1. The average Bonchev–Trinajstić information content (AvgIpc) is 3.12. The normalized spacial score (nSPS) is 17.2. The van der Waals surface area contributed by atoms with Crippen LogP contribution in [0.4, 0.5) is 0 Å². The molecule has 1 fully saturated rings. The largest absolute Gasteiger partial charge is 0.377 e. The van der Waals surface area contributed by atoms with Crippen molar-refractivity contribution in [1.82, 2.24) is 14.9 Å². The summed E-state index contributed by atoms with van der Waals surface area (Å²) in [5.41, 5.74) is 4.24. The second kappa shape index (κ2) is 6.27. The number of hydrogen-bond acceptors (Lipinski definition) is 5. The average molecular weight is 329 g/mol. The number of para-hydroxylation sites is 1. The number of morpholine rings is 1. The molecule has 0 aliphatic carbocycles. The quantitative estimate of drug-likeness (QED) is 0.730. The molecule has 6 heteroatoms. The summed E-state index contributed by atoms with van der Waals surface area (Å²) < 4.78 is 5.52. The highest BCUT2D eigenvalue weighted by Gasteiger charge is 2.27. The first-order chi connectivity index (χ1) is 12.3. The number of rotatable bonds is 2. The van der Waals surface area contributed by atoms with E-state index in [1.165, 1.54) is 0 Å². The van der Waals surface area contributed by atoms with Gasteiger partial charge in [-0.3, -0.25) is 4.90 Å². The highest BCUT2D eigenvalue weighted by atomic mass is 16.5. The maximum absolute atomic E-state index is 9.34. The van der Waals surface area contributed by atoms with E-state index in [9.17, 15) is 5.26 Å². The third-order valence-electron chi connectivity index (χ3n) is 4.41. The van der Waals surface area contributed by atoms with Gasteiger partial charge >= 0.3 is 0 Å². The fourth-order valence-electron chi connectivity index (χ4n) is 3.15. The van der Waals surface area contributed by atoms with E-state index in [2.05, 4.69) is 17.2 Å². The predicted octanol–water partition coefficient (Wildman–Crippen LogP) is 2.96. The topological polar surface area (TPSA) is 88.7 Å². The number of nitrogens with one attached hydrogen (secondary N) is 1. The van der Waals surface area contributed by atoms with E-state index in [-0.39, 0.29) is 6.04 Å². The molecule has 0 amide bonds. The van der Waals surface area contributed by atoms with Crippen LogP contribution < -0.4 is 0 Å². The van der Waals surface area contributed by atoms with Gasteiger partial charge in [0, 0.05) is 5.56 Å². The Morgan fingerprint density at radius 1 is 1.20 bits per heavy atom. The van der Waals surface area contributed by atoms with Crippen LogP contribution in [0.5, 0.6) is 0 Å². The van der Waals surface area contributed by atoms with Crippen molar-refractivity contribution in [2.45, 2.75) is 6.04 Å². The number of hydrogen-bond donors (Lipinski definition) is 1. The second-order valence-electron chi connectivity index (χ2n) is 5.90. The molecule has 1 N–H and O–H groups in total. The minimum atomic E-state index is -0.204. The Hall–Kier alpha value is -3.35. The van der Waals surface area contributed by atoms with Crippen molar-refractivity contribution < 1.29 is 4.74 Å². The van der Waals surface area contributed by atoms with Gasteiger partial charge < -0.3 is 9.72 Å². The van der Waals surface area contributed by atoms with Crippen LogP contribution in [0.25, 0.3) is 22.2 Å². The third kappa shape index (κ3) is 2.69. The van der Waals surface area contributed by atoms with Gasteiger partial charge in [-0.05, 0) is 23.8 Å². The maximum atomic E-state index is 9.34. The van der Waals surface area contributed by atoms with Crippen molar-refractivity contribution in [3.05, 3.63) is 53.9 Å². The molecule has 0 bridgehead atoms. The van der Waals surface area contributed by atoms with E-state index >= 15 is 0 Å². The first-order valence-electron chi connectivity index (χ1n) is 8.03. The summed E-state index contributed by atoms with van der Waals surface area (Å²) in [5.74, 6) is 0.722. The number of ether oxygens (including phenoxy) is 1. The molecule has 0 radical (unpaired) electrons. The van der Waals surface area contributed by atoms with Crippen LogP contribution in [-0.2, 0) is 4.74 Å². The van der Waals surface area contributed by atoms with Crippen molar-refractivity contribution in [1.29, 1.82) is 10.5 Å². The molecule has 122 valence electrons. The Balaban J connectivity index is 1.81. The number of nitrogens with zero attached hydrogens (tertiary/aromatic N) is 4. The zero-order valence-corrected chi connectivity index (χ0v) is 13.4. The van der Waals surface area contributed by atoms with E-state index in [1.807, 2.05) is 36.4 Å². The molecule has 6 nitrogen and oxygen atoms in total. The predicted molar refractivity (Wildman–Crippen MR) is 92.1 cm³/mol. The molecule has 1 unspecified atom stereocenters. The SMILES string of the molecule is N#Cc1cccc(-c2cccc3[nH]c(C4COCCN4C#N)nc23)c1. The van der Waals surface area contributed by atoms with Crippen molar-refractivity contribution >= 4 is 11.0 Å². The number of fused-ring (bicyclic) bond motifs is 1. The molecule has 0 saturated carbocycles. The zero-order chi connectivity index (χ0) is 17.2. The smallest absolute Gasteiger partial charge is 0.180 e. The Morgan fingerprint density at radius 3 is 2.92 bits per heavy atom. The van der Waals surface area contributed by atoms with Crippen LogP contribution in [0.15, 0.2) is 42.5 Å². The third-order valence-corrected chi connectivity index (χ3v) is 4.41. The van der Waals surface area contributed by atoms with Crippen LogP contribution in [0.2, 0.25) is 0 Å². The maximum Gasteiger partial charge on any atom is 0.180 e. The molecule has 25 heavy (non-hydrogen) atoms. The second-order valence-corrected chi connectivity index (χ2v) is 5.90. The van der Waals surface area contributed by atoms with Gasteiger partial charge in [-0.2, -0.15) is 10.5 Å². The van der Waals surface area contributed by atoms with Crippen LogP contribution in [0, 0.1) is 22.8 Å². The zero-order valence-electron chi connectivity index (χ0n) is 13.4. The molecule has 2 aromatic carbocycles. The van der Waals surface area contributed by atoms with Gasteiger partial charge in [0.1, 0.15) is 11.9 Å². The summed E-state index contributed by atoms with van der Waals surface area (Å²) in [4.78, 5) is 9.77. The number of nitriles is 2. The Labute approximate surface area is 144 Å². The molecule has 1 aromatic heterocycles. The molecule has 1 aliphatic heterocycles. The molecular weight excluding hydrogens is 314 g/mol. The summed E-state index contributed by atoms with van der Waals surface area (Å²) in [5, 5.41) is 18.5. The van der Waals surface area contributed by atoms with E-state index in [0.717, 1.165) is 28.0 Å². The van der Waals surface area contributed by atoms with Gasteiger partial charge in [0.15, 0.2) is 6.19 Å².